The molecule has 0 aliphatic rings. The second-order valence-corrected chi connectivity index (χ2v) is 3.59. The first-order valence-corrected chi connectivity index (χ1v) is 4.71. The van der Waals surface area contributed by atoms with Crippen molar-refractivity contribution in [1.82, 2.24) is 0 Å². The summed E-state index contributed by atoms with van der Waals surface area (Å²) in [6, 6.07) is 1.80. The lowest BCUT2D eigenvalue weighted by atomic mass is 9.99. The number of hydrogen-bond donors (Lipinski definition) is 0. The van der Waals surface area contributed by atoms with Crippen LogP contribution in [0.3, 0.4) is 0 Å². The quantitative estimate of drug-likeness (QED) is 0.666. The van der Waals surface area contributed by atoms with E-state index in [9.17, 15) is 4.79 Å². The van der Waals surface area contributed by atoms with Gasteiger partial charge in [0.25, 0.3) is 0 Å². The van der Waals surface area contributed by atoms with Crippen molar-refractivity contribution in [2.24, 2.45) is 5.92 Å². The van der Waals surface area contributed by atoms with E-state index < -0.39 is 0 Å². The van der Waals surface area contributed by atoms with Gasteiger partial charge in [-0.15, -0.1) is 0 Å². The second kappa shape index (κ2) is 4.26. The van der Waals surface area contributed by atoms with Crippen molar-refractivity contribution >= 4 is 5.78 Å². The lowest BCUT2D eigenvalue weighted by Gasteiger charge is -2.04. The molecule has 1 heterocycles. The zero-order valence-electron chi connectivity index (χ0n) is 8.46. The number of carbonyl (C=O) groups is 1. The summed E-state index contributed by atoms with van der Waals surface area (Å²) in [5.74, 6) is 1.45. The maximum Gasteiger partial charge on any atom is 0.166 e. The van der Waals surface area contributed by atoms with Crippen molar-refractivity contribution in [2.75, 3.05) is 0 Å². The fourth-order valence-electron chi connectivity index (χ4n) is 1.17. The van der Waals surface area contributed by atoms with Crippen LogP contribution < -0.4 is 0 Å². The molecule has 0 aromatic carbocycles. The molecule has 2 nitrogen and oxygen atoms in total. The molecule has 1 atom stereocenters. The third-order valence-electron chi connectivity index (χ3n) is 2.28. The van der Waals surface area contributed by atoms with E-state index in [2.05, 4.69) is 13.8 Å². The van der Waals surface area contributed by atoms with Gasteiger partial charge in [-0.05, 0) is 18.9 Å². The van der Waals surface area contributed by atoms with Crippen LogP contribution in [-0.4, -0.2) is 5.78 Å². The minimum absolute atomic E-state index is 0.186. The van der Waals surface area contributed by atoms with Crippen LogP contribution in [-0.2, 0) is 0 Å². The van der Waals surface area contributed by atoms with Crippen LogP contribution in [0, 0.1) is 12.8 Å². The number of Topliss-reactive ketones (excluding diaryl/α,β-unsaturated/α-hetero) is 1. The van der Waals surface area contributed by atoms with Crippen molar-refractivity contribution in [3.05, 3.63) is 23.7 Å². The molecule has 0 fully saturated rings. The van der Waals surface area contributed by atoms with Crippen LogP contribution in [0.1, 0.15) is 42.8 Å². The van der Waals surface area contributed by atoms with E-state index in [0.717, 1.165) is 12.2 Å². The highest BCUT2D eigenvalue weighted by Crippen LogP contribution is 2.14. The number of ketones is 1. The molecular weight excluding hydrogens is 164 g/mol. The Hall–Kier alpha value is -1.05. The van der Waals surface area contributed by atoms with Crippen molar-refractivity contribution in [1.29, 1.82) is 0 Å². The highest BCUT2D eigenvalue weighted by Gasteiger charge is 2.11. The van der Waals surface area contributed by atoms with Gasteiger partial charge in [-0.3, -0.25) is 4.79 Å². The molecule has 1 aromatic rings. The average molecular weight is 180 g/mol. The van der Waals surface area contributed by atoms with Crippen LogP contribution in [0.2, 0.25) is 0 Å². The van der Waals surface area contributed by atoms with E-state index in [-0.39, 0.29) is 5.78 Å². The summed E-state index contributed by atoms with van der Waals surface area (Å²) in [6.45, 7) is 6.03. The number of aryl methyl sites for hydroxylation is 1. The molecule has 0 spiro atoms. The summed E-state index contributed by atoms with van der Waals surface area (Å²) >= 11 is 0. The van der Waals surface area contributed by atoms with Gasteiger partial charge < -0.3 is 4.42 Å². The maximum atomic E-state index is 11.6. The fourth-order valence-corrected chi connectivity index (χ4v) is 1.17. The minimum Gasteiger partial charge on any atom is -0.469 e. The fraction of sp³-hybridized carbons (Fsp3) is 0.545. The maximum absolute atomic E-state index is 11.6. The van der Waals surface area contributed by atoms with Crippen LogP contribution in [0.5, 0.6) is 0 Å². The first-order chi connectivity index (χ1) is 6.13. The van der Waals surface area contributed by atoms with Gasteiger partial charge in [0.05, 0.1) is 5.56 Å². The third kappa shape index (κ3) is 2.72. The van der Waals surface area contributed by atoms with Gasteiger partial charge >= 0.3 is 0 Å². The Morgan fingerprint density at radius 1 is 1.62 bits per heavy atom. The summed E-state index contributed by atoms with van der Waals surface area (Å²) in [4.78, 5) is 11.6. The molecule has 1 aromatic heterocycles. The largest absolute Gasteiger partial charge is 0.469 e. The summed E-state index contributed by atoms with van der Waals surface area (Å²) in [6.07, 6.45) is 3.21. The molecular formula is C11H16O2. The number of hydrogen-bond acceptors (Lipinski definition) is 2. The van der Waals surface area contributed by atoms with Gasteiger partial charge in [-0.2, -0.15) is 0 Å². The Morgan fingerprint density at radius 2 is 2.31 bits per heavy atom. The van der Waals surface area contributed by atoms with Crippen molar-refractivity contribution in [2.45, 2.75) is 33.6 Å². The lowest BCUT2D eigenvalue weighted by molar-refractivity contribution is 0.0963. The summed E-state index contributed by atoms with van der Waals surface area (Å²) in [7, 11) is 0. The van der Waals surface area contributed by atoms with E-state index in [1.807, 2.05) is 6.92 Å². The molecule has 0 aliphatic carbocycles. The standard InChI is InChI=1S/C11H16O2/c1-4-8(2)5-11(12)10-6-9(3)13-7-10/h6-8H,4-5H2,1-3H3. The Balaban J connectivity index is 2.58. The van der Waals surface area contributed by atoms with Gasteiger partial charge in [0.15, 0.2) is 5.78 Å². The summed E-state index contributed by atoms with van der Waals surface area (Å²) < 4.78 is 5.08. The molecule has 0 saturated carbocycles. The molecule has 13 heavy (non-hydrogen) atoms. The Morgan fingerprint density at radius 3 is 2.77 bits per heavy atom. The zero-order chi connectivity index (χ0) is 9.84. The number of furan rings is 1. The molecule has 1 rings (SSSR count). The Bertz CT molecular complexity index is 286. The smallest absolute Gasteiger partial charge is 0.166 e. The monoisotopic (exact) mass is 180 g/mol. The summed E-state index contributed by atoms with van der Waals surface area (Å²) in [5, 5.41) is 0. The predicted molar refractivity (Wildman–Crippen MR) is 51.8 cm³/mol. The molecule has 1 unspecified atom stereocenters. The highest BCUT2D eigenvalue weighted by molar-refractivity contribution is 5.95. The number of rotatable bonds is 4. The van der Waals surface area contributed by atoms with E-state index in [1.54, 1.807) is 12.3 Å². The van der Waals surface area contributed by atoms with Gasteiger partial charge in [-0.1, -0.05) is 20.3 Å². The zero-order valence-corrected chi connectivity index (χ0v) is 8.46. The average Bonchev–Trinajstić information content (AvgIpc) is 2.51. The molecule has 0 bridgehead atoms. The van der Waals surface area contributed by atoms with Crippen LogP contribution in [0.4, 0.5) is 0 Å². The molecule has 0 saturated heterocycles. The van der Waals surface area contributed by atoms with Crippen LogP contribution in [0.25, 0.3) is 0 Å². The molecule has 2 heteroatoms. The van der Waals surface area contributed by atoms with Crippen molar-refractivity contribution in [3.8, 4) is 0 Å². The first-order valence-electron chi connectivity index (χ1n) is 4.71. The summed E-state index contributed by atoms with van der Waals surface area (Å²) in [5.41, 5.74) is 0.706. The van der Waals surface area contributed by atoms with E-state index >= 15 is 0 Å². The third-order valence-corrected chi connectivity index (χ3v) is 2.28. The van der Waals surface area contributed by atoms with Gasteiger partial charge in [0, 0.05) is 6.42 Å². The molecule has 0 radical (unpaired) electrons. The Labute approximate surface area is 78.9 Å². The lowest BCUT2D eigenvalue weighted by Crippen LogP contribution is -2.03. The van der Waals surface area contributed by atoms with Gasteiger partial charge in [-0.25, -0.2) is 0 Å². The highest BCUT2D eigenvalue weighted by atomic mass is 16.3. The normalized spacial score (nSPS) is 12.8. The van der Waals surface area contributed by atoms with E-state index in [1.165, 1.54) is 0 Å². The molecule has 0 aliphatic heterocycles. The van der Waals surface area contributed by atoms with Gasteiger partial charge in [0.2, 0.25) is 0 Å². The minimum atomic E-state index is 0.186. The van der Waals surface area contributed by atoms with Crippen molar-refractivity contribution < 1.29 is 9.21 Å². The second-order valence-electron chi connectivity index (χ2n) is 3.59. The van der Waals surface area contributed by atoms with Gasteiger partial charge in [0.1, 0.15) is 12.0 Å². The SMILES string of the molecule is CCC(C)CC(=O)c1coc(C)c1. The van der Waals surface area contributed by atoms with Crippen molar-refractivity contribution in [3.63, 3.8) is 0 Å². The molecule has 0 amide bonds. The first kappa shape index (κ1) is 10.0. The van der Waals surface area contributed by atoms with E-state index in [4.69, 9.17) is 4.42 Å². The predicted octanol–water partition coefficient (Wildman–Crippen LogP) is 3.21. The van der Waals surface area contributed by atoms with E-state index in [0.29, 0.717) is 17.9 Å². The topological polar surface area (TPSA) is 30.2 Å². The van der Waals surface area contributed by atoms with Crippen LogP contribution in [0.15, 0.2) is 16.7 Å². The van der Waals surface area contributed by atoms with Crippen LogP contribution >= 0.6 is 0 Å². The Kier molecular flexibility index (Phi) is 3.29. The number of carbonyl (C=O) groups excluding carboxylic acids is 1. The molecule has 72 valence electrons. The molecule has 0 N–H and O–H groups in total.